The van der Waals surface area contributed by atoms with Crippen LogP contribution in [0.2, 0.25) is 0 Å². The van der Waals surface area contributed by atoms with E-state index in [1.54, 1.807) is 0 Å². The van der Waals surface area contributed by atoms with Gasteiger partial charge in [0.25, 0.3) is 11.6 Å². The van der Waals surface area contributed by atoms with Crippen molar-refractivity contribution in [3.63, 3.8) is 0 Å². The molecule has 242 valence electrons. The first-order valence-corrected chi connectivity index (χ1v) is 14.9. The van der Waals surface area contributed by atoms with Crippen molar-refractivity contribution in [1.82, 2.24) is 21.3 Å². The second-order valence-electron chi connectivity index (χ2n) is 11.5. The lowest BCUT2D eigenvalue weighted by Crippen LogP contribution is -2.53. The molecule has 14 heteroatoms. The quantitative estimate of drug-likeness (QED) is 0.157. The van der Waals surface area contributed by atoms with E-state index in [-0.39, 0.29) is 43.0 Å². The molecule has 4 rings (SSSR count). The van der Waals surface area contributed by atoms with Crippen molar-refractivity contribution < 1.29 is 28.9 Å². The number of nitro groups is 1. The molecular formula is C31H41N7O7. The van der Waals surface area contributed by atoms with Gasteiger partial charge in [-0.15, -0.1) is 0 Å². The number of carbonyl (C=O) groups is 5. The second-order valence-corrected chi connectivity index (χ2v) is 11.5. The van der Waals surface area contributed by atoms with Crippen molar-refractivity contribution in [2.45, 2.75) is 77.0 Å². The van der Waals surface area contributed by atoms with Crippen molar-refractivity contribution in [3.8, 4) is 0 Å². The normalized spacial score (nSPS) is 22.2. The van der Waals surface area contributed by atoms with Crippen LogP contribution in [0, 0.1) is 16.0 Å². The van der Waals surface area contributed by atoms with Gasteiger partial charge in [-0.3, -0.25) is 34.1 Å². The van der Waals surface area contributed by atoms with Gasteiger partial charge < -0.3 is 32.3 Å². The van der Waals surface area contributed by atoms with Crippen LogP contribution < -0.4 is 32.3 Å². The number of fused-ring (bicyclic) bond motifs is 18. The number of hydrogen-bond donors (Lipinski definition) is 6. The lowest BCUT2D eigenvalue weighted by Gasteiger charge is -2.23. The highest BCUT2D eigenvalue weighted by Gasteiger charge is 2.29. The molecule has 0 aliphatic carbocycles. The van der Waals surface area contributed by atoms with Gasteiger partial charge in [-0.25, -0.2) is 0 Å². The Kier molecular flexibility index (Phi) is 12.4. The van der Waals surface area contributed by atoms with E-state index < -0.39 is 64.3 Å². The second kappa shape index (κ2) is 16.2. The minimum absolute atomic E-state index is 0.0186. The molecule has 0 aromatic heterocycles. The molecule has 1 unspecified atom stereocenters. The highest BCUT2D eigenvalue weighted by Crippen LogP contribution is 2.26. The number of benzene rings is 2. The monoisotopic (exact) mass is 623 g/mol. The van der Waals surface area contributed by atoms with E-state index in [0.717, 1.165) is 11.6 Å². The smallest absolute Gasteiger partial charge is 0.293 e. The SMILES string of the molecule is CC(C)C[C@H]1NC(=O)c2ccc(c([N+](=O)[O-])c2)N[C@@H](C)C(=O)NC(Cc2ccccc2)C(=O)NCCCC[C@@H](C(N)=O)NC1=O. The van der Waals surface area contributed by atoms with Crippen LogP contribution in [0.25, 0.3) is 0 Å². The number of rotatable bonds is 6. The highest BCUT2D eigenvalue weighted by atomic mass is 16.6. The first kappa shape index (κ1) is 34.5. The van der Waals surface area contributed by atoms with Crippen LogP contribution in [0.1, 0.15) is 62.4 Å². The average molecular weight is 624 g/mol. The molecular weight excluding hydrogens is 582 g/mol. The number of nitrogens with zero attached hydrogens (tertiary/aromatic N) is 1. The van der Waals surface area contributed by atoms with E-state index in [2.05, 4.69) is 26.6 Å². The Balaban J connectivity index is 1.95. The average Bonchev–Trinajstić information content (AvgIpc) is 2.99. The molecule has 0 radical (unpaired) electrons. The predicted molar refractivity (Wildman–Crippen MR) is 167 cm³/mol. The largest absolute Gasteiger partial charge is 0.368 e. The molecule has 0 saturated heterocycles. The van der Waals surface area contributed by atoms with Gasteiger partial charge in [0.1, 0.15) is 29.9 Å². The Morgan fingerprint density at radius 1 is 0.933 bits per heavy atom. The minimum Gasteiger partial charge on any atom is -0.368 e. The molecule has 5 amide bonds. The molecule has 2 aromatic rings. The molecule has 0 spiro atoms. The molecule has 14 nitrogen and oxygen atoms in total. The zero-order chi connectivity index (χ0) is 33.1. The van der Waals surface area contributed by atoms with Gasteiger partial charge in [0.15, 0.2) is 0 Å². The molecule has 2 aromatic carbocycles. The minimum atomic E-state index is -1.05. The van der Waals surface area contributed by atoms with Crippen molar-refractivity contribution in [1.29, 1.82) is 0 Å². The third-order valence-electron chi connectivity index (χ3n) is 7.35. The summed E-state index contributed by atoms with van der Waals surface area (Å²) in [5.41, 5.74) is 5.80. The number of nitro benzene ring substituents is 1. The number of primary amides is 1. The number of amides is 5. The van der Waals surface area contributed by atoms with Crippen LogP contribution in [0.4, 0.5) is 11.4 Å². The van der Waals surface area contributed by atoms with E-state index in [0.29, 0.717) is 12.8 Å². The molecule has 4 atom stereocenters. The molecule has 2 aliphatic rings. The number of carbonyl (C=O) groups excluding carboxylic acids is 5. The standard InChI is InChI=1S/C31H41N7O7/c1-18(2)15-24-31(43)35-23(27(32)39)11-7-8-14-33-30(42)25(16-20-9-5-4-6-10-20)36-28(40)19(3)34-22-13-12-21(29(41)37-24)17-26(22)38(44)45/h4-6,9-10,12-13,17-19,23-25,34H,7-8,11,14-16H2,1-3H3,(H2,32,39)(H,33,42)(H,35,43)(H,36,40)(H,37,41)/t19-,23-,24+,25?/m0/s1. The Labute approximate surface area is 261 Å². The van der Waals surface area contributed by atoms with Gasteiger partial charge in [0.2, 0.25) is 23.6 Å². The van der Waals surface area contributed by atoms with E-state index in [4.69, 9.17) is 5.73 Å². The summed E-state index contributed by atoms with van der Waals surface area (Å²) in [7, 11) is 0. The molecule has 0 fully saturated rings. The Hall–Kier alpha value is -5.01. The first-order valence-electron chi connectivity index (χ1n) is 14.9. The fourth-order valence-corrected chi connectivity index (χ4v) is 4.91. The third kappa shape index (κ3) is 10.3. The van der Waals surface area contributed by atoms with Gasteiger partial charge >= 0.3 is 0 Å². The van der Waals surface area contributed by atoms with Gasteiger partial charge in [-0.05, 0) is 56.2 Å². The highest BCUT2D eigenvalue weighted by molar-refractivity contribution is 5.99. The summed E-state index contributed by atoms with van der Waals surface area (Å²) in [5.74, 6) is -3.12. The van der Waals surface area contributed by atoms with Gasteiger partial charge in [0.05, 0.1) is 4.92 Å². The topological polar surface area (TPSA) is 215 Å². The molecule has 2 aliphatic heterocycles. The van der Waals surface area contributed by atoms with Gasteiger partial charge in [-0.2, -0.15) is 0 Å². The van der Waals surface area contributed by atoms with Gasteiger partial charge in [0, 0.05) is 24.6 Å². The van der Waals surface area contributed by atoms with Crippen LogP contribution in [0.3, 0.4) is 0 Å². The van der Waals surface area contributed by atoms with Crippen LogP contribution in [0.15, 0.2) is 48.5 Å². The van der Waals surface area contributed by atoms with Gasteiger partial charge in [-0.1, -0.05) is 44.2 Å². The van der Waals surface area contributed by atoms with Crippen LogP contribution in [-0.4, -0.2) is 65.2 Å². The lowest BCUT2D eigenvalue weighted by atomic mass is 10.0. The Morgan fingerprint density at radius 3 is 2.29 bits per heavy atom. The predicted octanol–water partition coefficient (Wildman–Crippen LogP) is 1.54. The molecule has 7 N–H and O–H groups in total. The van der Waals surface area contributed by atoms with E-state index in [1.165, 1.54) is 19.1 Å². The molecule has 2 heterocycles. The molecule has 0 saturated carbocycles. The van der Waals surface area contributed by atoms with Crippen molar-refractivity contribution in [3.05, 3.63) is 69.8 Å². The summed E-state index contributed by atoms with van der Waals surface area (Å²) in [4.78, 5) is 76.2. The zero-order valence-corrected chi connectivity index (χ0v) is 25.6. The number of nitrogens with one attached hydrogen (secondary N) is 5. The van der Waals surface area contributed by atoms with Crippen LogP contribution >= 0.6 is 0 Å². The third-order valence-corrected chi connectivity index (χ3v) is 7.35. The molecule has 45 heavy (non-hydrogen) atoms. The van der Waals surface area contributed by atoms with Crippen molar-refractivity contribution >= 4 is 40.9 Å². The van der Waals surface area contributed by atoms with Crippen LogP contribution in [-0.2, 0) is 25.6 Å². The summed E-state index contributed by atoms with van der Waals surface area (Å²) < 4.78 is 0. The van der Waals surface area contributed by atoms with E-state index in [1.807, 2.05) is 44.2 Å². The lowest BCUT2D eigenvalue weighted by molar-refractivity contribution is -0.384. The maximum Gasteiger partial charge on any atom is 0.293 e. The Bertz CT molecular complexity index is 1400. The number of hydrogen-bond acceptors (Lipinski definition) is 8. The maximum absolute atomic E-state index is 13.2. The summed E-state index contributed by atoms with van der Waals surface area (Å²) in [6, 6.07) is 8.78. The van der Waals surface area contributed by atoms with Crippen molar-refractivity contribution in [2.75, 3.05) is 11.9 Å². The summed E-state index contributed by atoms with van der Waals surface area (Å²) in [6.07, 6.45) is 1.51. The zero-order valence-electron chi connectivity index (χ0n) is 25.6. The summed E-state index contributed by atoms with van der Waals surface area (Å²) >= 11 is 0. The van der Waals surface area contributed by atoms with E-state index in [9.17, 15) is 34.1 Å². The number of anilines is 1. The molecule has 2 bridgehead atoms. The van der Waals surface area contributed by atoms with Crippen LogP contribution in [0.5, 0.6) is 0 Å². The number of nitrogens with two attached hydrogens (primary N) is 1. The fourth-order valence-electron chi connectivity index (χ4n) is 4.91. The first-order chi connectivity index (χ1) is 21.3. The fraction of sp³-hybridized carbons (Fsp3) is 0.452. The Morgan fingerprint density at radius 2 is 1.64 bits per heavy atom. The summed E-state index contributed by atoms with van der Waals surface area (Å²) in [5, 5.41) is 25.6. The van der Waals surface area contributed by atoms with E-state index >= 15 is 0 Å². The summed E-state index contributed by atoms with van der Waals surface area (Å²) in [6.45, 7) is 5.44. The maximum atomic E-state index is 13.2. The van der Waals surface area contributed by atoms with Crippen molar-refractivity contribution in [2.24, 2.45) is 11.7 Å².